The standard InChI is InChI=1S/C21H22N4O4/c1-21(15-7-5-4-6-8-15)19(28)25(20(29)23-21)13-17(26)22-16-11-9-14(10-12-16)18(27)24(2)3/h4-12H,13H2,1-3H3,(H,22,26)(H,23,29)/t21-/m0/s1. The van der Waals surface area contributed by atoms with Gasteiger partial charge in [0, 0.05) is 25.3 Å². The summed E-state index contributed by atoms with van der Waals surface area (Å²) < 4.78 is 0. The van der Waals surface area contributed by atoms with E-state index in [0.717, 1.165) is 4.90 Å². The fourth-order valence-electron chi connectivity index (χ4n) is 3.11. The third-order valence-electron chi connectivity index (χ3n) is 4.75. The molecule has 8 heteroatoms. The lowest BCUT2D eigenvalue weighted by Gasteiger charge is -2.22. The Morgan fingerprint density at radius 2 is 1.66 bits per heavy atom. The average molecular weight is 394 g/mol. The summed E-state index contributed by atoms with van der Waals surface area (Å²) in [6, 6.07) is 14.6. The molecule has 8 nitrogen and oxygen atoms in total. The molecule has 2 N–H and O–H groups in total. The topological polar surface area (TPSA) is 98.8 Å². The summed E-state index contributed by atoms with van der Waals surface area (Å²) >= 11 is 0. The maximum Gasteiger partial charge on any atom is 0.325 e. The second-order valence-corrected chi connectivity index (χ2v) is 7.14. The Hall–Kier alpha value is -3.68. The summed E-state index contributed by atoms with van der Waals surface area (Å²) in [5.74, 6) is -1.16. The van der Waals surface area contributed by atoms with E-state index >= 15 is 0 Å². The predicted octanol–water partition coefficient (Wildman–Crippen LogP) is 1.79. The quantitative estimate of drug-likeness (QED) is 0.756. The van der Waals surface area contributed by atoms with Gasteiger partial charge in [-0.2, -0.15) is 0 Å². The van der Waals surface area contributed by atoms with Gasteiger partial charge in [0.05, 0.1) is 0 Å². The van der Waals surface area contributed by atoms with Gasteiger partial charge >= 0.3 is 6.03 Å². The van der Waals surface area contributed by atoms with Crippen LogP contribution in [0.1, 0.15) is 22.8 Å². The second kappa shape index (κ2) is 7.75. The predicted molar refractivity (Wildman–Crippen MR) is 107 cm³/mol. The molecule has 0 unspecified atom stereocenters. The van der Waals surface area contributed by atoms with E-state index in [0.29, 0.717) is 16.8 Å². The minimum absolute atomic E-state index is 0.151. The molecule has 1 aliphatic heterocycles. The van der Waals surface area contributed by atoms with Gasteiger partial charge < -0.3 is 15.5 Å². The molecule has 0 saturated carbocycles. The van der Waals surface area contributed by atoms with E-state index in [1.807, 2.05) is 6.07 Å². The van der Waals surface area contributed by atoms with Crippen LogP contribution in [0.4, 0.5) is 10.5 Å². The fourth-order valence-corrected chi connectivity index (χ4v) is 3.11. The Labute approximate surface area is 168 Å². The van der Waals surface area contributed by atoms with Crippen LogP contribution in [0.3, 0.4) is 0 Å². The smallest absolute Gasteiger partial charge is 0.325 e. The molecule has 1 atom stereocenters. The lowest BCUT2D eigenvalue weighted by atomic mass is 9.92. The summed E-state index contributed by atoms with van der Waals surface area (Å²) in [4.78, 5) is 51.8. The third-order valence-corrected chi connectivity index (χ3v) is 4.75. The van der Waals surface area contributed by atoms with Crippen LogP contribution >= 0.6 is 0 Å². The molecule has 0 aliphatic carbocycles. The number of urea groups is 1. The van der Waals surface area contributed by atoms with Crippen LogP contribution in [0.15, 0.2) is 54.6 Å². The highest BCUT2D eigenvalue weighted by Crippen LogP contribution is 2.28. The van der Waals surface area contributed by atoms with Crippen LogP contribution in [0.2, 0.25) is 0 Å². The van der Waals surface area contributed by atoms with Crippen molar-refractivity contribution in [2.45, 2.75) is 12.5 Å². The number of carbonyl (C=O) groups is 4. The number of nitrogens with one attached hydrogen (secondary N) is 2. The molecule has 2 aromatic carbocycles. The van der Waals surface area contributed by atoms with Gasteiger partial charge in [-0.15, -0.1) is 0 Å². The highest BCUT2D eigenvalue weighted by atomic mass is 16.2. The first-order chi connectivity index (χ1) is 13.7. The van der Waals surface area contributed by atoms with Crippen molar-refractivity contribution in [2.75, 3.05) is 26.0 Å². The highest BCUT2D eigenvalue weighted by Gasteiger charge is 2.49. The second-order valence-electron chi connectivity index (χ2n) is 7.14. The van der Waals surface area contributed by atoms with Crippen molar-refractivity contribution in [1.29, 1.82) is 0 Å². The van der Waals surface area contributed by atoms with Crippen molar-refractivity contribution in [2.24, 2.45) is 0 Å². The van der Waals surface area contributed by atoms with Crippen LogP contribution in [-0.2, 0) is 15.1 Å². The fraction of sp³-hybridized carbons (Fsp3) is 0.238. The molecule has 0 radical (unpaired) electrons. The number of benzene rings is 2. The van der Waals surface area contributed by atoms with Gasteiger partial charge in [-0.3, -0.25) is 19.3 Å². The summed E-state index contributed by atoms with van der Waals surface area (Å²) in [5.41, 5.74) is 0.374. The zero-order chi connectivity index (χ0) is 21.2. The molecular formula is C21H22N4O4. The molecule has 2 aromatic rings. The van der Waals surface area contributed by atoms with Gasteiger partial charge in [0.2, 0.25) is 5.91 Å². The molecule has 0 aromatic heterocycles. The van der Waals surface area contributed by atoms with Crippen LogP contribution in [0.5, 0.6) is 0 Å². The van der Waals surface area contributed by atoms with Crippen LogP contribution in [0.25, 0.3) is 0 Å². The normalized spacial score (nSPS) is 18.4. The van der Waals surface area contributed by atoms with Crippen molar-refractivity contribution in [3.05, 3.63) is 65.7 Å². The Morgan fingerprint density at radius 3 is 2.24 bits per heavy atom. The Morgan fingerprint density at radius 1 is 1.03 bits per heavy atom. The van der Waals surface area contributed by atoms with E-state index in [-0.39, 0.29) is 5.91 Å². The zero-order valence-corrected chi connectivity index (χ0v) is 16.4. The Kier molecular flexibility index (Phi) is 5.36. The molecule has 0 spiro atoms. The number of amides is 5. The van der Waals surface area contributed by atoms with E-state index in [4.69, 9.17) is 0 Å². The summed E-state index contributed by atoms with van der Waals surface area (Å²) in [6.07, 6.45) is 0. The van der Waals surface area contributed by atoms with E-state index < -0.39 is 29.9 Å². The number of hydrogen-bond acceptors (Lipinski definition) is 4. The maximum absolute atomic E-state index is 12.8. The van der Waals surface area contributed by atoms with Crippen LogP contribution in [0, 0.1) is 0 Å². The monoisotopic (exact) mass is 394 g/mol. The lowest BCUT2D eigenvalue weighted by molar-refractivity contribution is -0.133. The van der Waals surface area contributed by atoms with Gasteiger partial charge in [-0.05, 0) is 36.8 Å². The minimum Gasteiger partial charge on any atom is -0.345 e. The van der Waals surface area contributed by atoms with Crippen LogP contribution < -0.4 is 10.6 Å². The molecule has 5 amide bonds. The van der Waals surface area contributed by atoms with Gasteiger partial charge in [0.15, 0.2) is 0 Å². The number of anilines is 1. The molecule has 3 rings (SSSR count). The molecular weight excluding hydrogens is 372 g/mol. The molecule has 29 heavy (non-hydrogen) atoms. The van der Waals surface area contributed by atoms with Crippen molar-refractivity contribution >= 4 is 29.4 Å². The average Bonchev–Trinajstić information content (AvgIpc) is 2.92. The van der Waals surface area contributed by atoms with Crippen molar-refractivity contribution in [1.82, 2.24) is 15.1 Å². The summed E-state index contributed by atoms with van der Waals surface area (Å²) in [5, 5.41) is 5.30. The molecule has 150 valence electrons. The summed E-state index contributed by atoms with van der Waals surface area (Å²) in [6.45, 7) is 1.20. The Bertz CT molecular complexity index is 956. The first-order valence-electron chi connectivity index (χ1n) is 9.03. The number of carbonyl (C=O) groups excluding carboxylic acids is 4. The van der Waals surface area contributed by atoms with Gasteiger partial charge in [-0.1, -0.05) is 30.3 Å². The van der Waals surface area contributed by atoms with Crippen molar-refractivity contribution < 1.29 is 19.2 Å². The number of hydrogen-bond donors (Lipinski definition) is 2. The molecule has 1 saturated heterocycles. The van der Waals surface area contributed by atoms with E-state index in [2.05, 4.69) is 10.6 Å². The Balaban J connectivity index is 1.67. The first-order valence-corrected chi connectivity index (χ1v) is 9.03. The minimum atomic E-state index is -1.22. The maximum atomic E-state index is 12.8. The van der Waals surface area contributed by atoms with Gasteiger partial charge in [0.1, 0.15) is 12.1 Å². The molecule has 0 bridgehead atoms. The SMILES string of the molecule is CN(C)C(=O)c1ccc(NC(=O)CN2C(=O)N[C@@](C)(c3ccccc3)C2=O)cc1. The number of rotatable bonds is 5. The van der Waals surface area contributed by atoms with E-state index in [9.17, 15) is 19.2 Å². The molecule has 1 heterocycles. The van der Waals surface area contributed by atoms with Gasteiger partial charge in [0.25, 0.3) is 11.8 Å². The lowest BCUT2D eigenvalue weighted by Crippen LogP contribution is -2.42. The number of nitrogens with zero attached hydrogens (tertiary/aromatic N) is 2. The first kappa shape index (κ1) is 20.1. The van der Waals surface area contributed by atoms with E-state index in [1.54, 1.807) is 69.6 Å². The van der Waals surface area contributed by atoms with Gasteiger partial charge in [-0.25, -0.2) is 4.79 Å². The van der Waals surface area contributed by atoms with E-state index in [1.165, 1.54) is 4.90 Å². The highest BCUT2D eigenvalue weighted by molar-refractivity contribution is 6.10. The summed E-state index contributed by atoms with van der Waals surface area (Å²) in [7, 11) is 3.30. The van der Waals surface area contributed by atoms with Crippen molar-refractivity contribution in [3.63, 3.8) is 0 Å². The largest absolute Gasteiger partial charge is 0.345 e. The van der Waals surface area contributed by atoms with Crippen LogP contribution in [-0.4, -0.2) is 54.2 Å². The zero-order valence-electron chi connectivity index (χ0n) is 16.4. The van der Waals surface area contributed by atoms with Crippen molar-refractivity contribution in [3.8, 4) is 0 Å². The number of imide groups is 1. The third kappa shape index (κ3) is 3.96. The molecule has 1 fully saturated rings. The molecule has 1 aliphatic rings.